The first-order chi connectivity index (χ1) is 11.1. The zero-order valence-corrected chi connectivity index (χ0v) is 15.3. The molecule has 4 aliphatic carbocycles. The van der Waals surface area contributed by atoms with Gasteiger partial charge in [-0.15, -0.1) is 0 Å². The van der Waals surface area contributed by atoms with Crippen LogP contribution in [0.15, 0.2) is 11.6 Å². The van der Waals surface area contributed by atoms with Crippen LogP contribution in [-0.4, -0.2) is 5.78 Å². The first-order valence-corrected chi connectivity index (χ1v) is 10.3. The summed E-state index contributed by atoms with van der Waals surface area (Å²) < 4.78 is 0. The van der Waals surface area contributed by atoms with Crippen molar-refractivity contribution in [1.29, 1.82) is 0 Å². The lowest BCUT2D eigenvalue weighted by atomic mass is 9.49. The molecule has 3 fully saturated rings. The van der Waals surface area contributed by atoms with Gasteiger partial charge in [0.1, 0.15) is 0 Å². The minimum Gasteiger partial charge on any atom is -0.295 e. The van der Waals surface area contributed by atoms with Gasteiger partial charge >= 0.3 is 0 Å². The lowest BCUT2D eigenvalue weighted by molar-refractivity contribution is -0.118. The van der Waals surface area contributed by atoms with Crippen LogP contribution in [0, 0.1) is 40.9 Å². The molecule has 0 amide bonds. The van der Waals surface area contributed by atoms with Crippen molar-refractivity contribution in [1.82, 2.24) is 0 Å². The zero-order chi connectivity index (χ0) is 16.2. The van der Waals surface area contributed by atoms with Crippen molar-refractivity contribution < 1.29 is 4.79 Å². The van der Waals surface area contributed by atoms with Crippen LogP contribution in [0.2, 0.25) is 0 Å². The molecular formula is C22H34O. The average molecular weight is 315 g/mol. The smallest absolute Gasteiger partial charge is 0.155 e. The molecule has 0 spiro atoms. The van der Waals surface area contributed by atoms with Crippen LogP contribution in [0.3, 0.4) is 0 Å². The fraction of sp³-hybridized carbons (Fsp3) is 0.864. The molecular weight excluding hydrogens is 280 g/mol. The molecule has 128 valence electrons. The summed E-state index contributed by atoms with van der Waals surface area (Å²) in [5.74, 6) is 5.57. The molecule has 7 atom stereocenters. The van der Waals surface area contributed by atoms with Gasteiger partial charge in [0.2, 0.25) is 0 Å². The van der Waals surface area contributed by atoms with Crippen molar-refractivity contribution in [2.24, 2.45) is 40.9 Å². The highest BCUT2D eigenvalue weighted by molar-refractivity contribution is 5.91. The second-order valence-corrected chi connectivity index (χ2v) is 9.16. The highest BCUT2D eigenvalue weighted by Gasteiger charge is 2.57. The molecule has 0 aliphatic heterocycles. The van der Waals surface area contributed by atoms with Crippen LogP contribution >= 0.6 is 0 Å². The van der Waals surface area contributed by atoms with Gasteiger partial charge in [0.25, 0.3) is 0 Å². The van der Waals surface area contributed by atoms with E-state index in [9.17, 15) is 4.79 Å². The van der Waals surface area contributed by atoms with Gasteiger partial charge in [-0.1, -0.05) is 32.8 Å². The second kappa shape index (κ2) is 5.74. The van der Waals surface area contributed by atoms with Gasteiger partial charge < -0.3 is 0 Å². The number of ketones is 1. The van der Waals surface area contributed by atoms with Crippen molar-refractivity contribution in [3.8, 4) is 0 Å². The summed E-state index contributed by atoms with van der Waals surface area (Å²) in [5, 5.41) is 0. The molecule has 0 aromatic carbocycles. The molecule has 4 rings (SSSR count). The van der Waals surface area contributed by atoms with E-state index in [1.54, 1.807) is 5.57 Å². The number of allylic oxidation sites excluding steroid dienone is 1. The third-order valence-electron chi connectivity index (χ3n) is 8.80. The molecule has 0 saturated heterocycles. The van der Waals surface area contributed by atoms with Crippen molar-refractivity contribution in [2.45, 2.75) is 78.6 Å². The molecule has 0 N–H and O–H groups in total. The molecule has 0 radical (unpaired) electrons. The Hall–Kier alpha value is -0.590. The number of carbonyl (C=O) groups is 1. The fourth-order valence-corrected chi connectivity index (χ4v) is 7.68. The summed E-state index contributed by atoms with van der Waals surface area (Å²) in [5.41, 5.74) is 2.21. The summed E-state index contributed by atoms with van der Waals surface area (Å²) in [6, 6.07) is 0. The summed E-state index contributed by atoms with van der Waals surface area (Å²) in [7, 11) is 0. The van der Waals surface area contributed by atoms with Crippen molar-refractivity contribution >= 4 is 5.78 Å². The SMILES string of the molecule is CCC1CC(=O)C=C2CC[C@@H]3[C@H](CC[C@]4(CC)[C@H](C)CC[C@@H]34)[C@H]21. The Labute approximate surface area is 142 Å². The van der Waals surface area contributed by atoms with Gasteiger partial charge in [0.05, 0.1) is 0 Å². The normalized spacial score (nSPS) is 49.2. The van der Waals surface area contributed by atoms with Crippen molar-refractivity contribution in [3.05, 3.63) is 11.6 Å². The van der Waals surface area contributed by atoms with E-state index in [2.05, 4.69) is 26.8 Å². The third-order valence-corrected chi connectivity index (χ3v) is 8.80. The molecule has 0 aromatic rings. The number of fused-ring (bicyclic) bond motifs is 5. The van der Waals surface area contributed by atoms with Crippen LogP contribution in [0.5, 0.6) is 0 Å². The van der Waals surface area contributed by atoms with Gasteiger partial charge in [-0.25, -0.2) is 0 Å². The van der Waals surface area contributed by atoms with E-state index < -0.39 is 0 Å². The third kappa shape index (κ3) is 2.21. The maximum Gasteiger partial charge on any atom is 0.155 e. The largest absolute Gasteiger partial charge is 0.295 e. The van der Waals surface area contributed by atoms with Crippen LogP contribution in [0.4, 0.5) is 0 Å². The predicted molar refractivity (Wildman–Crippen MR) is 95.0 cm³/mol. The maximum absolute atomic E-state index is 12.1. The number of hydrogen-bond donors (Lipinski definition) is 0. The summed E-state index contributed by atoms with van der Waals surface area (Å²) >= 11 is 0. The Balaban J connectivity index is 1.66. The van der Waals surface area contributed by atoms with Gasteiger partial charge in [-0.3, -0.25) is 4.79 Å². The Bertz CT molecular complexity index is 518. The lowest BCUT2D eigenvalue weighted by Crippen LogP contribution is -2.48. The van der Waals surface area contributed by atoms with Crippen LogP contribution in [0.25, 0.3) is 0 Å². The molecule has 0 aromatic heterocycles. The first-order valence-electron chi connectivity index (χ1n) is 10.3. The molecule has 4 aliphatic rings. The van der Waals surface area contributed by atoms with Gasteiger partial charge in [-0.2, -0.15) is 0 Å². The number of rotatable bonds is 2. The zero-order valence-electron chi connectivity index (χ0n) is 15.3. The quantitative estimate of drug-likeness (QED) is 0.630. The molecule has 0 heterocycles. The predicted octanol–water partition coefficient (Wildman–Crippen LogP) is 5.79. The standard InChI is InChI=1S/C22H34O/c1-4-15-12-17(23)13-16-7-8-18-19(21(15)16)10-11-22(5-2)14(3)6-9-20(18)22/h13-15,18-21H,4-12H2,1-3H3/t14-,15?,18-,19+,20+,21+,22-/m1/s1. The van der Waals surface area contributed by atoms with Gasteiger partial charge in [0, 0.05) is 6.42 Å². The highest BCUT2D eigenvalue weighted by atomic mass is 16.1. The monoisotopic (exact) mass is 314 g/mol. The maximum atomic E-state index is 12.1. The lowest BCUT2D eigenvalue weighted by Gasteiger charge is -2.56. The Morgan fingerprint density at radius 1 is 1.13 bits per heavy atom. The minimum absolute atomic E-state index is 0.412. The number of carbonyl (C=O) groups excluding carboxylic acids is 1. The Morgan fingerprint density at radius 2 is 1.96 bits per heavy atom. The van der Waals surface area contributed by atoms with Crippen LogP contribution in [0.1, 0.15) is 78.6 Å². The molecule has 1 heteroatoms. The molecule has 1 nitrogen and oxygen atoms in total. The van der Waals surface area contributed by atoms with E-state index in [-0.39, 0.29) is 0 Å². The van der Waals surface area contributed by atoms with Crippen molar-refractivity contribution in [2.75, 3.05) is 0 Å². The van der Waals surface area contributed by atoms with Gasteiger partial charge in [-0.05, 0) is 91.9 Å². The molecule has 3 saturated carbocycles. The van der Waals surface area contributed by atoms with Crippen LogP contribution in [-0.2, 0) is 4.79 Å². The molecule has 0 bridgehead atoms. The summed E-state index contributed by atoms with van der Waals surface area (Å²) in [6.07, 6.45) is 13.9. The van der Waals surface area contributed by atoms with E-state index in [4.69, 9.17) is 0 Å². The van der Waals surface area contributed by atoms with E-state index in [0.29, 0.717) is 17.1 Å². The number of hydrogen-bond acceptors (Lipinski definition) is 1. The van der Waals surface area contributed by atoms with E-state index in [0.717, 1.165) is 36.0 Å². The highest BCUT2D eigenvalue weighted by Crippen LogP contribution is 2.65. The average Bonchev–Trinajstić information content (AvgIpc) is 2.91. The van der Waals surface area contributed by atoms with Crippen molar-refractivity contribution in [3.63, 3.8) is 0 Å². The molecule has 1 unspecified atom stereocenters. The summed E-state index contributed by atoms with van der Waals surface area (Å²) in [6.45, 7) is 7.30. The van der Waals surface area contributed by atoms with E-state index in [1.165, 1.54) is 51.4 Å². The fourth-order valence-electron chi connectivity index (χ4n) is 7.68. The summed E-state index contributed by atoms with van der Waals surface area (Å²) in [4.78, 5) is 12.1. The Morgan fingerprint density at radius 3 is 2.70 bits per heavy atom. The van der Waals surface area contributed by atoms with Crippen LogP contribution < -0.4 is 0 Å². The topological polar surface area (TPSA) is 17.1 Å². The first kappa shape index (κ1) is 15.9. The Kier molecular flexibility index (Phi) is 3.97. The molecule has 23 heavy (non-hydrogen) atoms. The van der Waals surface area contributed by atoms with E-state index >= 15 is 0 Å². The van der Waals surface area contributed by atoms with E-state index in [1.807, 2.05) is 0 Å². The van der Waals surface area contributed by atoms with Gasteiger partial charge in [0.15, 0.2) is 5.78 Å². The minimum atomic E-state index is 0.412. The second-order valence-electron chi connectivity index (χ2n) is 9.16.